The average molecular weight is 270 g/mol. The van der Waals surface area contributed by atoms with Crippen LogP contribution in [0.3, 0.4) is 0 Å². The monoisotopic (exact) mass is 269 g/mol. The minimum absolute atomic E-state index is 0.304. The second-order valence-electron chi connectivity index (χ2n) is 5.25. The highest BCUT2D eigenvalue weighted by atomic mass is 35.5. The molecular weight excluding hydrogens is 250 g/mol. The average Bonchev–Trinajstić information content (AvgIpc) is 2.28. The Balaban J connectivity index is 1.71. The van der Waals surface area contributed by atoms with Crippen LogP contribution in [-0.2, 0) is 0 Å². The molecule has 1 fully saturated rings. The van der Waals surface area contributed by atoms with E-state index >= 15 is 0 Å². The third kappa shape index (κ3) is 2.97. The molecule has 100 valence electrons. The molecule has 1 aliphatic heterocycles. The maximum absolute atomic E-state index is 10.1. The van der Waals surface area contributed by atoms with E-state index < -0.39 is 5.60 Å². The number of hydrogen-bond donors (Lipinski definition) is 1. The SMILES string of the molecule is CC(C)C1(O)CN(CCOc2ccccc2Cl)C1. The Morgan fingerprint density at radius 2 is 2.06 bits per heavy atom. The van der Waals surface area contributed by atoms with Gasteiger partial charge in [-0.2, -0.15) is 0 Å². The summed E-state index contributed by atoms with van der Waals surface area (Å²) >= 11 is 6.00. The zero-order valence-corrected chi connectivity index (χ0v) is 11.7. The number of β-amino-alcohol motifs (C(OH)–C–C–N with tert-alkyl or cyclic N) is 1. The molecule has 0 atom stereocenters. The molecule has 1 aromatic rings. The fourth-order valence-electron chi connectivity index (χ4n) is 2.10. The van der Waals surface area contributed by atoms with Crippen molar-refractivity contribution in [3.8, 4) is 5.75 Å². The third-order valence-electron chi connectivity index (χ3n) is 3.57. The van der Waals surface area contributed by atoms with E-state index in [4.69, 9.17) is 16.3 Å². The maximum atomic E-state index is 10.1. The molecule has 0 bridgehead atoms. The van der Waals surface area contributed by atoms with Crippen molar-refractivity contribution in [2.24, 2.45) is 5.92 Å². The number of ether oxygens (including phenoxy) is 1. The summed E-state index contributed by atoms with van der Waals surface area (Å²) in [5, 5.41) is 10.8. The number of para-hydroxylation sites is 1. The molecule has 1 heterocycles. The summed E-state index contributed by atoms with van der Waals surface area (Å²) < 4.78 is 5.62. The van der Waals surface area contributed by atoms with Gasteiger partial charge in [0.25, 0.3) is 0 Å². The van der Waals surface area contributed by atoms with Gasteiger partial charge in [0.2, 0.25) is 0 Å². The van der Waals surface area contributed by atoms with Crippen LogP contribution in [0.1, 0.15) is 13.8 Å². The van der Waals surface area contributed by atoms with E-state index in [9.17, 15) is 5.11 Å². The van der Waals surface area contributed by atoms with Crippen LogP contribution in [0.4, 0.5) is 0 Å². The van der Waals surface area contributed by atoms with Gasteiger partial charge in [0.05, 0.1) is 10.6 Å². The molecule has 1 aliphatic rings. The summed E-state index contributed by atoms with van der Waals surface area (Å²) in [6.45, 7) is 6.99. The zero-order valence-electron chi connectivity index (χ0n) is 10.9. The van der Waals surface area contributed by atoms with Crippen LogP contribution >= 0.6 is 11.6 Å². The van der Waals surface area contributed by atoms with Crippen LogP contribution in [-0.4, -0.2) is 41.8 Å². The van der Waals surface area contributed by atoms with E-state index in [2.05, 4.69) is 18.7 Å². The smallest absolute Gasteiger partial charge is 0.137 e. The van der Waals surface area contributed by atoms with E-state index in [1.54, 1.807) is 0 Å². The Morgan fingerprint density at radius 3 is 2.67 bits per heavy atom. The summed E-state index contributed by atoms with van der Waals surface area (Å²) in [4.78, 5) is 2.19. The standard InChI is InChI=1S/C14H20ClNO2/c1-11(2)14(17)9-16(10-14)7-8-18-13-6-4-3-5-12(13)15/h3-6,11,17H,7-10H2,1-2H3. The lowest BCUT2D eigenvalue weighted by atomic mass is 9.83. The fraction of sp³-hybridized carbons (Fsp3) is 0.571. The van der Waals surface area contributed by atoms with Crippen molar-refractivity contribution in [2.75, 3.05) is 26.2 Å². The van der Waals surface area contributed by atoms with Gasteiger partial charge in [0.15, 0.2) is 0 Å². The Morgan fingerprint density at radius 1 is 1.39 bits per heavy atom. The normalized spacial score (nSPS) is 18.7. The highest BCUT2D eigenvalue weighted by molar-refractivity contribution is 6.32. The lowest BCUT2D eigenvalue weighted by Gasteiger charge is -2.49. The first-order valence-corrected chi connectivity index (χ1v) is 6.71. The molecular formula is C14H20ClNO2. The van der Waals surface area contributed by atoms with Gasteiger partial charge in [-0.3, -0.25) is 4.90 Å². The molecule has 1 aromatic carbocycles. The van der Waals surface area contributed by atoms with Crippen LogP contribution < -0.4 is 4.74 Å². The second-order valence-corrected chi connectivity index (χ2v) is 5.66. The molecule has 3 nitrogen and oxygen atoms in total. The molecule has 0 aliphatic carbocycles. The number of nitrogens with zero attached hydrogens (tertiary/aromatic N) is 1. The van der Waals surface area contributed by atoms with Crippen LogP contribution in [0.5, 0.6) is 5.75 Å². The van der Waals surface area contributed by atoms with Gasteiger partial charge < -0.3 is 9.84 Å². The first kappa shape index (κ1) is 13.7. The van der Waals surface area contributed by atoms with E-state index in [0.717, 1.165) is 25.4 Å². The van der Waals surface area contributed by atoms with Gasteiger partial charge in [-0.1, -0.05) is 37.6 Å². The van der Waals surface area contributed by atoms with Crippen LogP contribution in [0.15, 0.2) is 24.3 Å². The third-order valence-corrected chi connectivity index (χ3v) is 3.88. The minimum Gasteiger partial charge on any atom is -0.491 e. The second kappa shape index (κ2) is 5.47. The Hall–Kier alpha value is -0.770. The van der Waals surface area contributed by atoms with Gasteiger partial charge in [0.1, 0.15) is 12.4 Å². The van der Waals surface area contributed by atoms with Gasteiger partial charge in [-0.05, 0) is 18.1 Å². The molecule has 4 heteroatoms. The molecule has 0 spiro atoms. The van der Waals surface area contributed by atoms with Crippen molar-refractivity contribution in [3.05, 3.63) is 29.3 Å². The van der Waals surface area contributed by atoms with E-state index in [-0.39, 0.29) is 0 Å². The van der Waals surface area contributed by atoms with Crippen molar-refractivity contribution in [3.63, 3.8) is 0 Å². The summed E-state index contributed by atoms with van der Waals surface area (Å²) in [5.41, 5.74) is -0.510. The van der Waals surface area contributed by atoms with Crippen LogP contribution in [0, 0.1) is 5.92 Å². The number of aliphatic hydroxyl groups is 1. The number of benzene rings is 1. The number of hydrogen-bond acceptors (Lipinski definition) is 3. The molecule has 0 unspecified atom stereocenters. The molecule has 1 saturated heterocycles. The lowest BCUT2D eigenvalue weighted by molar-refractivity contribution is -0.129. The molecule has 0 aromatic heterocycles. The summed E-state index contributed by atoms with van der Waals surface area (Å²) in [6, 6.07) is 7.47. The van der Waals surface area contributed by atoms with Crippen LogP contribution in [0.25, 0.3) is 0 Å². The molecule has 18 heavy (non-hydrogen) atoms. The Kier molecular flexibility index (Phi) is 4.15. The number of halogens is 1. The van der Waals surface area contributed by atoms with Crippen molar-refractivity contribution in [1.29, 1.82) is 0 Å². The van der Waals surface area contributed by atoms with Crippen molar-refractivity contribution < 1.29 is 9.84 Å². The molecule has 0 amide bonds. The Labute approximate surface area is 113 Å². The highest BCUT2D eigenvalue weighted by Crippen LogP contribution is 2.28. The molecule has 2 rings (SSSR count). The minimum atomic E-state index is -0.510. The first-order valence-electron chi connectivity index (χ1n) is 6.33. The summed E-state index contributed by atoms with van der Waals surface area (Å²) in [7, 11) is 0. The quantitative estimate of drug-likeness (QED) is 0.891. The van der Waals surface area contributed by atoms with Gasteiger partial charge >= 0.3 is 0 Å². The largest absolute Gasteiger partial charge is 0.491 e. The first-order chi connectivity index (χ1) is 8.51. The highest BCUT2D eigenvalue weighted by Gasteiger charge is 2.43. The number of likely N-dealkylation sites (tertiary alicyclic amines) is 1. The molecule has 1 N–H and O–H groups in total. The molecule has 0 radical (unpaired) electrons. The van der Waals surface area contributed by atoms with Crippen LogP contribution in [0.2, 0.25) is 5.02 Å². The van der Waals surface area contributed by atoms with E-state index in [1.807, 2.05) is 24.3 Å². The Bertz CT molecular complexity index is 403. The van der Waals surface area contributed by atoms with E-state index in [0.29, 0.717) is 17.5 Å². The topological polar surface area (TPSA) is 32.7 Å². The predicted molar refractivity (Wildman–Crippen MR) is 73.2 cm³/mol. The van der Waals surface area contributed by atoms with Gasteiger partial charge in [-0.25, -0.2) is 0 Å². The lowest BCUT2D eigenvalue weighted by Crippen LogP contribution is -2.64. The summed E-state index contributed by atoms with van der Waals surface area (Å²) in [6.07, 6.45) is 0. The fourth-order valence-corrected chi connectivity index (χ4v) is 2.29. The van der Waals surface area contributed by atoms with Crippen molar-refractivity contribution in [1.82, 2.24) is 4.90 Å². The van der Waals surface area contributed by atoms with Crippen molar-refractivity contribution in [2.45, 2.75) is 19.4 Å². The predicted octanol–water partition coefficient (Wildman–Crippen LogP) is 2.42. The van der Waals surface area contributed by atoms with Gasteiger partial charge in [-0.15, -0.1) is 0 Å². The zero-order chi connectivity index (χ0) is 13.2. The van der Waals surface area contributed by atoms with E-state index in [1.165, 1.54) is 0 Å². The van der Waals surface area contributed by atoms with Gasteiger partial charge in [0, 0.05) is 19.6 Å². The van der Waals surface area contributed by atoms with Crippen molar-refractivity contribution >= 4 is 11.6 Å². The number of rotatable bonds is 5. The maximum Gasteiger partial charge on any atom is 0.137 e. The molecule has 0 saturated carbocycles. The summed E-state index contributed by atoms with van der Waals surface area (Å²) in [5.74, 6) is 1.03.